The highest BCUT2D eigenvalue weighted by molar-refractivity contribution is 7.91. The molecule has 1 aromatic carbocycles. The number of nitrogens with one attached hydrogen (secondary N) is 1. The maximum atomic E-state index is 13.1. The Bertz CT molecular complexity index is 1080. The molecular formula is C22H32N4O3S. The maximum absolute atomic E-state index is 13.1. The summed E-state index contributed by atoms with van der Waals surface area (Å²) in [5.74, 6) is 1.60. The number of rotatable bonds is 11. The molecule has 3 rings (SSSR count). The SMILES string of the molecule is CCCCOc1ccc(CC)cc1S(=O)(=O)CCCc1nnc2cc(C(C)C)[nH]n12. The first-order chi connectivity index (χ1) is 14.4. The van der Waals surface area contributed by atoms with Gasteiger partial charge in [0.15, 0.2) is 21.3 Å². The summed E-state index contributed by atoms with van der Waals surface area (Å²) in [4.78, 5) is 0.298. The van der Waals surface area contributed by atoms with Gasteiger partial charge in [-0.3, -0.25) is 5.10 Å². The zero-order chi connectivity index (χ0) is 21.7. The van der Waals surface area contributed by atoms with Crippen LogP contribution < -0.4 is 4.74 Å². The minimum absolute atomic E-state index is 0.0387. The van der Waals surface area contributed by atoms with Crippen molar-refractivity contribution in [3.63, 3.8) is 0 Å². The molecule has 0 aliphatic heterocycles. The number of aryl methyl sites for hydroxylation is 2. The number of aromatic nitrogens is 4. The van der Waals surface area contributed by atoms with Crippen LogP contribution in [0.4, 0.5) is 0 Å². The average Bonchev–Trinajstić information content (AvgIpc) is 3.30. The second kappa shape index (κ2) is 9.64. The van der Waals surface area contributed by atoms with Gasteiger partial charge >= 0.3 is 0 Å². The van der Waals surface area contributed by atoms with Crippen LogP contribution >= 0.6 is 0 Å². The van der Waals surface area contributed by atoms with Crippen LogP contribution in [0.2, 0.25) is 0 Å². The molecule has 0 saturated carbocycles. The van der Waals surface area contributed by atoms with Crippen molar-refractivity contribution in [2.45, 2.75) is 70.6 Å². The van der Waals surface area contributed by atoms with Gasteiger partial charge < -0.3 is 4.74 Å². The number of hydrogen-bond acceptors (Lipinski definition) is 5. The Labute approximate surface area is 178 Å². The van der Waals surface area contributed by atoms with E-state index in [1.165, 1.54) is 0 Å². The first kappa shape index (κ1) is 22.3. The lowest BCUT2D eigenvalue weighted by atomic mass is 10.1. The first-order valence-electron chi connectivity index (χ1n) is 10.8. The largest absolute Gasteiger partial charge is 0.492 e. The first-order valence-corrected chi connectivity index (χ1v) is 12.4. The van der Waals surface area contributed by atoms with Crippen molar-refractivity contribution in [1.82, 2.24) is 19.8 Å². The van der Waals surface area contributed by atoms with E-state index in [9.17, 15) is 8.42 Å². The monoisotopic (exact) mass is 432 g/mol. The highest BCUT2D eigenvalue weighted by Gasteiger charge is 2.21. The van der Waals surface area contributed by atoms with Crippen molar-refractivity contribution in [2.24, 2.45) is 0 Å². The Morgan fingerprint density at radius 2 is 1.93 bits per heavy atom. The molecule has 2 aromatic heterocycles. The number of H-pyrrole nitrogens is 1. The summed E-state index contributed by atoms with van der Waals surface area (Å²) in [5.41, 5.74) is 2.83. The van der Waals surface area contributed by atoms with Crippen LogP contribution in [0.5, 0.6) is 5.75 Å². The van der Waals surface area contributed by atoms with Gasteiger partial charge in [-0.25, -0.2) is 12.9 Å². The van der Waals surface area contributed by atoms with Gasteiger partial charge in [0.1, 0.15) is 10.6 Å². The van der Waals surface area contributed by atoms with E-state index >= 15 is 0 Å². The van der Waals surface area contributed by atoms with E-state index in [0.717, 1.165) is 42.0 Å². The lowest BCUT2D eigenvalue weighted by Crippen LogP contribution is -2.12. The van der Waals surface area contributed by atoms with Crippen molar-refractivity contribution in [3.05, 3.63) is 41.3 Å². The van der Waals surface area contributed by atoms with Crippen LogP contribution in [0.1, 0.15) is 70.0 Å². The third-order valence-corrected chi connectivity index (χ3v) is 7.04. The van der Waals surface area contributed by atoms with Gasteiger partial charge in [0.05, 0.1) is 12.4 Å². The Hall–Kier alpha value is -2.35. The van der Waals surface area contributed by atoms with Gasteiger partial charge in [-0.15, -0.1) is 10.2 Å². The van der Waals surface area contributed by atoms with Crippen LogP contribution in [0.3, 0.4) is 0 Å². The highest BCUT2D eigenvalue weighted by atomic mass is 32.2. The predicted molar refractivity (Wildman–Crippen MR) is 118 cm³/mol. The normalized spacial score (nSPS) is 12.2. The van der Waals surface area contributed by atoms with Gasteiger partial charge in [-0.1, -0.05) is 40.2 Å². The van der Waals surface area contributed by atoms with Crippen molar-refractivity contribution >= 4 is 15.5 Å². The summed E-state index contributed by atoms with van der Waals surface area (Å²) in [5, 5.41) is 11.7. The molecule has 0 fully saturated rings. The molecule has 0 atom stereocenters. The third-order valence-electron chi connectivity index (χ3n) is 5.22. The van der Waals surface area contributed by atoms with Gasteiger partial charge in [0.25, 0.3) is 0 Å². The van der Waals surface area contributed by atoms with Gasteiger partial charge in [-0.05, 0) is 42.9 Å². The number of sulfone groups is 1. The Morgan fingerprint density at radius 3 is 2.63 bits per heavy atom. The summed E-state index contributed by atoms with van der Waals surface area (Å²) in [6.45, 7) is 8.83. The molecule has 2 heterocycles. The Balaban J connectivity index is 1.73. The number of hydrogen-bond donors (Lipinski definition) is 1. The maximum Gasteiger partial charge on any atom is 0.182 e. The molecule has 7 nitrogen and oxygen atoms in total. The summed E-state index contributed by atoms with van der Waals surface area (Å²) in [6, 6.07) is 7.46. The topological polar surface area (TPSA) is 89.3 Å². The summed E-state index contributed by atoms with van der Waals surface area (Å²) < 4.78 is 33.9. The molecule has 3 aromatic rings. The minimum Gasteiger partial charge on any atom is -0.492 e. The van der Waals surface area contributed by atoms with E-state index in [4.69, 9.17) is 4.74 Å². The van der Waals surface area contributed by atoms with Gasteiger partial charge in [0.2, 0.25) is 0 Å². The number of ether oxygens (including phenoxy) is 1. The van der Waals surface area contributed by atoms with E-state index in [0.29, 0.717) is 36.0 Å². The molecule has 0 bridgehead atoms. The molecule has 1 N–H and O–H groups in total. The molecule has 0 aliphatic carbocycles. The predicted octanol–water partition coefficient (Wildman–Crippen LogP) is 4.33. The van der Waals surface area contributed by atoms with Crippen molar-refractivity contribution in [2.75, 3.05) is 12.4 Å². The summed E-state index contributed by atoms with van der Waals surface area (Å²) in [6.07, 6.45) is 3.66. The number of aromatic amines is 1. The Morgan fingerprint density at radius 1 is 1.13 bits per heavy atom. The number of benzene rings is 1. The molecular weight excluding hydrogens is 400 g/mol. The van der Waals surface area contributed by atoms with Crippen molar-refractivity contribution in [1.29, 1.82) is 0 Å². The van der Waals surface area contributed by atoms with Crippen LogP contribution in [-0.2, 0) is 22.7 Å². The van der Waals surface area contributed by atoms with Crippen LogP contribution in [0, 0.1) is 0 Å². The second-order valence-corrected chi connectivity index (χ2v) is 10.0. The molecule has 8 heteroatoms. The van der Waals surface area contributed by atoms with Crippen molar-refractivity contribution < 1.29 is 13.2 Å². The number of nitrogens with zero attached hydrogens (tertiary/aromatic N) is 3. The van der Waals surface area contributed by atoms with E-state index < -0.39 is 9.84 Å². The molecule has 0 spiro atoms. The molecule has 0 amide bonds. The van der Waals surface area contributed by atoms with E-state index in [1.54, 1.807) is 12.1 Å². The summed E-state index contributed by atoms with van der Waals surface area (Å²) in [7, 11) is -3.47. The van der Waals surface area contributed by atoms with Crippen LogP contribution in [0.15, 0.2) is 29.2 Å². The molecule has 0 saturated heterocycles. The van der Waals surface area contributed by atoms with Gasteiger partial charge in [0, 0.05) is 18.2 Å². The molecule has 164 valence electrons. The summed E-state index contributed by atoms with van der Waals surface area (Å²) >= 11 is 0. The van der Waals surface area contributed by atoms with Gasteiger partial charge in [-0.2, -0.15) is 0 Å². The zero-order valence-electron chi connectivity index (χ0n) is 18.3. The van der Waals surface area contributed by atoms with Crippen molar-refractivity contribution in [3.8, 4) is 5.75 Å². The van der Waals surface area contributed by atoms with E-state index in [1.807, 2.05) is 23.6 Å². The fourth-order valence-corrected chi connectivity index (χ4v) is 4.80. The highest BCUT2D eigenvalue weighted by Crippen LogP contribution is 2.27. The Kier molecular flexibility index (Phi) is 7.18. The van der Waals surface area contributed by atoms with E-state index in [2.05, 4.69) is 36.1 Å². The number of fused-ring (bicyclic) bond motifs is 1. The fraction of sp³-hybridized carbons (Fsp3) is 0.545. The average molecular weight is 433 g/mol. The van der Waals surface area contributed by atoms with Crippen LogP contribution in [0.25, 0.3) is 5.65 Å². The fourth-order valence-electron chi connectivity index (χ4n) is 3.30. The lowest BCUT2D eigenvalue weighted by molar-refractivity contribution is 0.301. The molecule has 0 radical (unpaired) electrons. The standard InChI is InChI=1S/C22H32N4O3S/c1-5-7-12-29-19-11-10-17(6-2)14-20(19)30(27,28)13-8-9-21-23-24-22-15-18(16(3)4)25-26(21)22/h10-11,14-16,25H,5-9,12-13H2,1-4H3. The smallest absolute Gasteiger partial charge is 0.182 e. The molecule has 30 heavy (non-hydrogen) atoms. The minimum atomic E-state index is -3.47. The molecule has 0 aliphatic rings. The van der Waals surface area contributed by atoms with Crippen LogP contribution in [-0.4, -0.2) is 40.6 Å². The quantitative estimate of drug-likeness (QED) is 0.456. The lowest BCUT2D eigenvalue weighted by Gasteiger charge is -2.13. The second-order valence-electron chi connectivity index (χ2n) is 7.94. The molecule has 0 unspecified atom stereocenters. The van der Waals surface area contributed by atoms with E-state index in [-0.39, 0.29) is 5.75 Å². The zero-order valence-corrected chi connectivity index (χ0v) is 19.1. The third kappa shape index (κ3) is 5.03. The number of unbranched alkanes of at least 4 members (excludes halogenated alkanes) is 1.